The summed E-state index contributed by atoms with van der Waals surface area (Å²) in [6, 6.07) is 0. The molecule has 1 aliphatic heterocycles. The van der Waals surface area contributed by atoms with Crippen LogP contribution in [0, 0.1) is 5.92 Å². The SMILES string of the molecule is CCc1nc(CN2CCC(C(O)C(F)(F)F)CC2)cs1. The molecule has 0 aliphatic carbocycles. The quantitative estimate of drug-likeness (QED) is 0.929. The van der Waals surface area contributed by atoms with E-state index in [1.165, 1.54) is 0 Å². The Kier molecular flexibility index (Phi) is 5.04. The van der Waals surface area contributed by atoms with Crippen molar-refractivity contribution in [3.63, 3.8) is 0 Å². The summed E-state index contributed by atoms with van der Waals surface area (Å²) < 4.78 is 37.3. The lowest BCUT2D eigenvalue weighted by Crippen LogP contribution is -2.43. The van der Waals surface area contributed by atoms with E-state index in [0.717, 1.165) is 17.1 Å². The summed E-state index contributed by atoms with van der Waals surface area (Å²) in [6.07, 6.45) is -5.02. The van der Waals surface area contributed by atoms with Crippen LogP contribution in [0.4, 0.5) is 13.2 Å². The summed E-state index contributed by atoms with van der Waals surface area (Å²) in [7, 11) is 0. The lowest BCUT2D eigenvalue weighted by Gasteiger charge is -2.34. The van der Waals surface area contributed by atoms with Crippen LogP contribution < -0.4 is 0 Å². The van der Waals surface area contributed by atoms with Gasteiger partial charge in [-0.25, -0.2) is 4.98 Å². The Morgan fingerprint density at radius 1 is 1.45 bits per heavy atom. The highest BCUT2D eigenvalue weighted by atomic mass is 32.1. The van der Waals surface area contributed by atoms with Gasteiger partial charge in [0.15, 0.2) is 6.10 Å². The lowest BCUT2D eigenvalue weighted by molar-refractivity contribution is -0.223. The Hall–Kier alpha value is -0.660. The Bertz CT molecular complexity index is 427. The van der Waals surface area contributed by atoms with Crippen LogP contribution >= 0.6 is 11.3 Å². The van der Waals surface area contributed by atoms with E-state index in [9.17, 15) is 18.3 Å². The third-order valence-electron chi connectivity index (χ3n) is 3.70. The molecule has 0 spiro atoms. The monoisotopic (exact) mass is 308 g/mol. The number of nitrogens with zero attached hydrogens (tertiary/aromatic N) is 2. The smallest absolute Gasteiger partial charge is 0.383 e. The van der Waals surface area contributed by atoms with E-state index < -0.39 is 18.2 Å². The molecule has 0 bridgehead atoms. The number of aryl methyl sites for hydroxylation is 1. The number of aliphatic hydroxyl groups is 1. The van der Waals surface area contributed by atoms with E-state index >= 15 is 0 Å². The van der Waals surface area contributed by atoms with Crippen molar-refractivity contribution in [3.8, 4) is 0 Å². The summed E-state index contributed by atoms with van der Waals surface area (Å²) >= 11 is 1.62. The van der Waals surface area contributed by atoms with Crippen LogP contribution in [0.2, 0.25) is 0 Å². The maximum atomic E-state index is 12.4. The molecular weight excluding hydrogens is 289 g/mol. The predicted octanol–water partition coefficient (Wildman–Crippen LogP) is 2.84. The molecule has 1 atom stereocenters. The maximum Gasteiger partial charge on any atom is 0.414 e. The van der Waals surface area contributed by atoms with Crippen molar-refractivity contribution in [1.82, 2.24) is 9.88 Å². The van der Waals surface area contributed by atoms with Crippen molar-refractivity contribution in [2.75, 3.05) is 13.1 Å². The van der Waals surface area contributed by atoms with Gasteiger partial charge in [0, 0.05) is 11.9 Å². The molecule has 2 rings (SSSR count). The van der Waals surface area contributed by atoms with Crippen molar-refractivity contribution >= 4 is 11.3 Å². The minimum absolute atomic E-state index is 0.380. The van der Waals surface area contributed by atoms with Crippen molar-refractivity contribution in [2.45, 2.75) is 45.0 Å². The number of likely N-dealkylation sites (tertiary alicyclic amines) is 1. The highest BCUT2D eigenvalue weighted by Gasteiger charge is 2.44. The zero-order valence-electron chi connectivity index (χ0n) is 11.4. The molecule has 1 saturated heterocycles. The molecule has 0 saturated carbocycles. The number of halogens is 3. The number of piperidine rings is 1. The van der Waals surface area contributed by atoms with Crippen LogP contribution in [0.1, 0.15) is 30.5 Å². The zero-order valence-corrected chi connectivity index (χ0v) is 12.2. The van der Waals surface area contributed by atoms with Gasteiger partial charge in [-0.2, -0.15) is 13.2 Å². The molecule has 20 heavy (non-hydrogen) atoms. The number of alkyl halides is 3. The second-order valence-electron chi connectivity index (χ2n) is 5.19. The molecule has 3 nitrogen and oxygen atoms in total. The van der Waals surface area contributed by atoms with Gasteiger partial charge in [0.25, 0.3) is 0 Å². The highest BCUT2D eigenvalue weighted by Crippen LogP contribution is 2.31. The molecule has 1 N–H and O–H groups in total. The first kappa shape index (κ1) is 15.7. The molecule has 1 fully saturated rings. The van der Waals surface area contributed by atoms with E-state index in [1.807, 2.05) is 12.3 Å². The van der Waals surface area contributed by atoms with Gasteiger partial charge < -0.3 is 5.11 Å². The van der Waals surface area contributed by atoms with Gasteiger partial charge in [-0.1, -0.05) is 6.92 Å². The fourth-order valence-corrected chi connectivity index (χ4v) is 3.24. The predicted molar refractivity (Wildman–Crippen MR) is 71.6 cm³/mol. The molecule has 1 unspecified atom stereocenters. The summed E-state index contributed by atoms with van der Waals surface area (Å²) in [5.74, 6) is -0.673. The van der Waals surface area contributed by atoms with Crippen molar-refractivity contribution in [3.05, 3.63) is 16.1 Å². The Labute approximate surface area is 120 Å². The van der Waals surface area contributed by atoms with Crippen LogP contribution in [0.3, 0.4) is 0 Å². The maximum absolute atomic E-state index is 12.4. The summed E-state index contributed by atoms with van der Waals surface area (Å²) in [4.78, 5) is 6.57. The van der Waals surface area contributed by atoms with E-state index in [2.05, 4.69) is 9.88 Å². The Morgan fingerprint density at radius 2 is 2.10 bits per heavy atom. The van der Waals surface area contributed by atoms with Crippen molar-refractivity contribution in [2.24, 2.45) is 5.92 Å². The van der Waals surface area contributed by atoms with E-state index in [1.54, 1.807) is 11.3 Å². The van der Waals surface area contributed by atoms with Crippen LogP contribution in [-0.4, -0.2) is 40.4 Å². The molecule has 1 aromatic rings. The van der Waals surface area contributed by atoms with Gasteiger partial charge in [0.2, 0.25) is 0 Å². The van der Waals surface area contributed by atoms with Crippen molar-refractivity contribution in [1.29, 1.82) is 0 Å². The Balaban J connectivity index is 1.82. The molecule has 7 heteroatoms. The third kappa shape index (κ3) is 3.93. The normalized spacial score (nSPS) is 20.2. The number of aromatic nitrogens is 1. The molecule has 114 valence electrons. The topological polar surface area (TPSA) is 36.4 Å². The average molecular weight is 308 g/mol. The molecule has 0 radical (unpaired) electrons. The second kappa shape index (κ2) is 6.41. The third-order valence-corrected chi connectivity index (χ3v) is 4.74. The number of hydrogen-bond acceptors (Lipinski definition) is 4. The van der Waals surface area contributed by atoms with E-state index in [0.29, 0.717) is 32.5 Å². The first-order valence-corrected chi connectivity index (χ1v) is 7.68. The zero-order chi connectivity index (χ0) is 14.8. The highest BCUT2D eigenvalue weighted by molar-refractivity contribution is 7.09. The first-order valence-electron chi connectivity index (χ1n) is 6.80. The largest absolute Gasteiger partial charge is 0.414 e. The fourth-order valence-electron chi connectivity index (χ4n) is 2.51. The molecule has 2 heterocycles. The Morgan fingerprint density at radius 3 is 2.60 bits per heavy atom. The molecule has 1 aliphatic rings. The van der Waals surface area contributed by atoms with Crippen LogP contribution in [-0.2, 0) is 13.0 Å². The standard InChI is InChI=1S/C13H19F3N2OS/c1-2-11-17-10(8-20-11)7-18-5-3-9(4-6-18)12(19)13(14,15)16/h8-9,12,19H,2-7H2,1H3. The van der Waals surface area contributed by atoms with Crippen molar-refractivity contribution < 1.29 is 18.3 Å². The van der Waals surface area contributed by atoms with Crippen LogP contribution in [0.5, 0.6) is 0 Å². The van der Waals surface area contributed by atoms with Gasteiger partial charge in [-0.15, -0.1) is 11.3 Å². The van der Waals surface area contributed by atoms with Crippen LogP contribution in [0.25, 0.3) is 0 Å². The summed E-state index contributed by atoms with van der Waals surface area (Å²) in [5.41, 5.74) is 0.988. The number of thiazole rings is 1. The number of hydrogen-bond donors (Lipinski definition) is 1. The van der Waals surface area contributed by atoms with Gasteiger partial charge in [0.1, 0.15) is 0 Å². The summed E-state index contributed by atoms with van der Waals surface area (Å²) in [6.45, 7) is 3.89. The number of aliphatic hydroxyl groups excluding tert-OH is 1. The molecule has 0 aromatic carbocycles. The van der Waals surface area contributed by atoms with Crippen LogP contribution in [0.15, 0.2) is 5.38 Å². The molecular formula is C13H19F3N2OS. The molecule has 0 amide bonds. The first-order chi connectivity index (χ1) is 9.40. The minimum Gasteiger partial charge on any atom is -0.383 e. The molecule has 1 aromatic heterocycles. The minimum atomic E-state index is -4.50. The number of rotatable bonds is 4. The van der Waals surface area contributed by atoms with E-state index in [-0.39, 0.29) is 0 Å². The van der Waals surface area contributed by atoms with Gasteiger partial charge in [0.05, 0.1) is 10.7 Å². The average Bonchev–Trinajstić information content (AvgIpc) is 2.85. The summed E-state index contributed by atoms with van der Waals surface area (Å²) in [5, 5.41) is 12.4. The fraction of sp³-hybridized carbons (Fsp3) is 0.769. The van der Waals surface area contributed by atoms with Gasteiger partial charge in [-0.05, 0) is 38.3 Å². The lowest BCUT2D eigenvalue weighted by atomic mass is 9.91. The van der Waals surface area contributed by atoms with E-state index in [4.69, 9.17) is 0 Å². The van der Waals surface area contributed by atoms with Gasteiger partial charge >= 0.3 is 6.18 Å². The second-order valence-corrected chi connectivity index (χ2v) is 6.13. The van der Waals surface area contributed by atoms with Gasteiger partial charge in [-0.3, -0.25) is 4.90 Å².